The van der Waals surface area contributed by atoms with Crippen LogP contribution in [-0.4, -0.2) is 30.0 Å². The average Bonchev–Trinajstić information content (AvgIpc) is 3.12. The second-order valence-electron chi connectivity index (χ2n) is 8.78. The Bertz CT molecular complexity index is 973. The maximum Gasteiger partial charge on any atom is 0.167 e. The molecule has 0 aromatic heterocycles. The van der Waals surface area contributed by atoms with Gasteiger partial charge in [-0.25, -0.2) is 8.42 Å². The van der Waals surface area contributed by atoms with Crippen molar-refractivity contribution in [2.24, 2.45) is 11.8 Å². The Kier molecular flexibility index (Phi) is 6.08. The highest BCUT2D eigenvalue weighted by Gasteiger charge is 2.51. The van der Waals surface area contributed by atoms with Gasteiger partial charge in [0.1, 0.15) is 0 Å². The van der Waals surface area contributed by atoms with E-state index in [0.29, 0.717) is 24.0 Å². The minimum atomic E-state index is -3.54. The van der Waals surface area contributed by atoms with Crippen molar-refractivity contribution in [2.75, 3.05) is 0 Å². The first-order valence-corrected chi connectivity index (χ1v) is 11.6. The molecule has 0 amide bonds. The van der Waals surface area contributed by atoms with Crippen LogP contribution in [0.3, 0.4) is 0 Å². The topological polar surface area (TPSA) is 68.3 Å². The fraction of sp³-hybridized carbons (Fsp3) is 0.417. The first-order valence-electron chi connectivity index (χ1n) is 10.0. The summed E-state index contributed by atoms with van der Waals surface area (Å²) in [6.07, 6.45) is 1.15. The predicted octanol–water partition coefficient (Wildman–Crippen LogP) is 4.75. The van der Waals surface area contributed by atoms with E-state index in [4.69, 9.17) is 0 Å². The molecule has 0 saturated heterocycles. The Hall–Kier alpha value is -2.27. The van der Waals surface area contributed by atoms with Crippen LogP contribution in [0.1, 0.15) is 60.7 Å². The van der Waals surface area contributed by atoms with Crippen LogP contribution in [0.2, 0.25) is 0 Å². The molecule has 1 fully saturated rings. The van der Waals surface area contributed by atoms with Crippen LogP contribution in [0.5, 0.6) is 0 Å². The van der Waals surface area contributed by atoms with Crippen LogP contribution < -0.4 is 0 Å². The van der Waals surface area contributed by atoms with E-state index in [0.717, 1.165) is 0 Å². The molecule has 0 N–H and O–H groups in total. The van der Waals surface area contributed by atoms with Gasteiger partial charge in [-0.15, -0.1) is 0 Å². The zero-order valence-electron chi connectivity index (χ0n) is 17.2. The van der Waals surface area contributed by atoms with E-state index in [1.807, 2.05) is 12.1 Å². The fourth-order valence-electron chi connectivity index (χ4n) is 4.23. The number of ketones is 2. The number of benzene rings is 2. The van der Waals surface area contributed by atoms with Crippen molar-refractivity contribution in [1.29, 1.82) is 0 Å². The number of hydrogen-bond acceptors (Lipinski definition) is 4. The lowest BCUT2D eigenvalue weighted by Gasteiger charge is -2.29. The Morgan fingerprint density at radius 1 is 0.862 bits per heavy atom. The van der Waals surface area contributed by atoms with E-state index in [2.05, 4.69) is 0 Å². The smallest absolute Gasteiger partial charge is 0.167 e. The summed E-state index contributed by atoms with van der Waals surface area (Å²) in [5, 5.41) is -0.760. The summed E-state index contributed by atoms with van der Waals surface area (Å²) in [6, 6.07) is 17.8. The summed E-state index contributed by atoms with van der Waals surface area (Å²) in [7, 11) is -3.54. The van der Waals surface area contributed by atoms with Crippen molar-refractivity contribution < 1.29 is 18.0 Å². The van der Waals surface area contributed by atoms with Gasteiger partial charge >= 0.3 is 0 Å². The largest absolute Gasteiger partial charge is 0.294 e. The van der Waals surface area contributed by atoms with Crippen molar-refractivity contribution >= 4 is 21.4 Å². The number of sulfone groups is 1. The third-order valence-corrected chi connectivity index (χ3v) is 8.92. The van der Waals surface area contributed by atoms with Gasteiger partial charge in [0.15, 0.2) is 21.4 Å². The van der Waals surface area contributed by atoms with Gasteiger partial charge in [0, 0.05) is 23.5 Å². The number of carbonyl (C=O) groups excluding carboxylic acids is 2. The van der Waals surface area contributed by atoms with Gasteiger partial charge in [-0.3, -0.25) is 9.59 Å². The van der Waals surface area contributed by atoms with Crippen LogP contribution in [0.15, 0.2) is 60.7 Å². The van der Waals surface area contributed by atoms with Crippen molar-refractivity contribution in [1.82, 2.24) is 0 Å². The summed E-state index contributed by atoms with van der Waals surface area (Å²) in [5.74, 6) is -1.20. The van der Waals surface area contributed by atoms with Crippen molar-refractivity contribution in [2.45, 2.75) is 50.0 Å². The molecule has 2 aromatic carbocycles. The van der Waals surface area contributed by atoms with Gasteiger partial charge in [-0.05, 0) is 39.5 Å². The van der Waals surface area contributed by atoms with Gasteiger partial charge in [0.2, 0.25) is 0 Å². The van der Waals surface area contributed by atoms with Crippen LogP contribution in [-0.2, 0) is 9.84 Å². The summed E-state index contributed by atoms with van der Waals surface area (Å²) in [5.41, 5.74) is 1.10. The molecule has 1 aliphatic rings. The molecule has 154 valence electrons. The highest BCUT2D eigenvalue weighted by Crippen LogP contribution is 2.43. The Balaban J connectivity index is 1.95. The van der Waals surface area contributed by atoms with Crippen molar-refractivity contribution in [3.8, 4) is 0 Å². The van der Waals surface area contributed by atoms with Gasteiger partial charge in [-0.2, -0.15) is 0 Å². The lowest BCUT2D eigenvalue weighted by Crippen LogP contribution is -2.43. The molecule has 3 atom stereocenters. The molecule has 29 heavy (non-hydrogen) atoms. The SMILES string of the molecule is CC(C)(C)S(=O)(=O)[C@H]1CC[C@H](CC(=O)c2ccccc2)[C@@H]1C(=O)c1ccccc1. The van der Waals surface area contributed by atoms with E-state index in [-0.39, 0.29) is 23.9 Å². The minimum Gasteiger partial charge on any atom is -0.294 e. The monoisotopic (exact) mass is 412 g/mol. The van der Waals surface area contributed by atoms with E-state index < -0.39 is 25.8 Å². The molecule has 1 saturated carbocycles. The lowest BCUT2D eigenvalue weighted by atomic mass is 9.84. The third kappa shape index (κ3) is 4.35. The Labute approximate surface area is 173 Å². The standard InChI is InChI=1S/C24H28O4S/c1-24(2,3)29(27,28)21-15-14-19(16-20(25)17-10-6-4-7-11-17)22(21)23(26)18-12-8-5-9-13-18/h4-13,19,21-22H,14-16H2,1-3H3/t19-,21+,22+/m1/s1. The van der Waals surface area contributed by atoms with Gasteiger partial charge in [0.05, 0.1) is 10.00 Å². The van der Waals surface area contributed by atoms with Gasteiger partial charge in [-0.1, -0.05) is 60.7 Å². The van der Waals surface area contributed by atoms with Crippen molar-refractivity contribution in [3.63, 3.8) is 0 Å². The summed E-state index contributed by atoms with van der Waals surface area (Å²) < 4.78 is 25.6. The van der Waals surface area contributed by atoms with E-state index in [9.17, 15) is 18.0 Å². The van der Waals surface area contributed by atoms with Crippen LogP contribution in [0.25, 0.3) is 0 Å². The fourth-order valence-corrected chi connectivity index (χ4v) is 6.32. The Morgan fingerprint density at radius 2 is 1.38 bits per heavy atom. The summed E-state index contributed by atoms with van der Waals surface area (Å²) in [4.78, 5) is 26.2. The molecule has 2 aromatic rings. The minimum absolute atomic E-state index is 0.0460. The van der Waals surface area contributed by atoms with Crippen molar-refractivity contribution in [3.05, 3.63) is 71.8 Å². The summed E-state index contributed by atoms with van der Waals surface area (Å²) >= 11 is 0. The van der Waals surface area contributed by atoms with Crippen LogP contribution in [0.4, 0.5) is 0 Å². The van der Waals surface area contributed by atoms with E-state index in [1.54, 1.807) is 69.3 Å². The second-order valence-corrected chi connectivity index (χ2v) is 11.7. The highest BCUT2D eigenvalue weighted by atomic mass is 32.2. The zero-order valence-corrected chi connectivity index (χ0v) is 18.0. The molecule has 5 heteroatoms. The molecule has 3 rings (SSSR count). The zero-order chi connectivity index (χ0) is 21.2. The summed E-state index contributed by atoms with van der Waals surface area (Å²) in [6.45, 7) is 5.03. The quantitative estimate of drug-likeness (QED) is 0.642. The van der Waals surface area contributed by atoms with Gasteiger partial charge < -0.3 is 0 Å². The molecule has 0 spiro atoms. The van der Waals surface area contributed by atoms with Crippen LogP contribution >= 0.6 is 0 Å². The van der Waals surface area contributed by atoms with Crippen LogP contribution in [0, 0.1) is 11.8 Å². The molecule has 0 aliphatic heterocycles. The number of hydrogen-bond donors (Lipinski definition) is 0. The number of Topliss-reactive ketones (excluding diaryl/α,β-unsaturated/α-hetero) is 2. The average molecular weight is 413 g/mol. The maximum absolute atomic E-state index is 13.4. The molecule has 4 nitrogen and oxygen atoms in total. The van der Waals surface area contributed by atoms with E-state index >= 15 is 0 Å². The first kappa shape index (κ1) is 21.4. The molecule has 0 bridgehead atoms. The second kappa shape index (κ2) is 8.23. The maximum atomic E-state index is 13.4. The molecule has 0 radical (unpaired) electrons. The molecular formula is C24H28O4S. The highest BCUT2D eigenvalue weighted by molar-refractivity contribution is 7.93. The Morgan fingerprint density at radius 3 is 1.90 bits per heavy atom. The normalized spacial score (nSPS) is 22.4. The first-order chi connectivity index (χ1) is 13.6. The predicted molar refractivity (Wildman–Crippen MR) is 115 cm³/mol. The van der Waals surface area contributed by atoms with Gasteiger partial charge in [0.25, 0.3) is 0 Å². The molecule has 0 unspecified atom stereocenters. The number of carbonyl (C=O) groups is 2. The molecule has 0 heterocycles. The molecular weight excluding hydrogens is 384 g/mol. The molecule has 1 aliphatic carbocycles. The van der Waals surface area contributed by atoms with E-state index in [1.165, 1.54) is 0 Å². The third-order valence-electron chi connectivity index (χ3n) is 5.89. The lowest BCUT2D eigenvalue weighted by molar-refractivity contribution is 0.0862. The number of rotatable bonds is 6.